The van der Waals surface area contributed by atoms with Crippen LogP contribution in [-0.4, -0.2) is 70.0 Å². The fourth-order valence-corrected chi connectivity index (χ4v) is 4.94. The predicted octanol–water partition coefficient (Wildman–Crippen LogP) is 1.74. The van der Waals surface area contributed by atoms with Crippen molar-refractivity contribution in [1.29, 1.82) is 0 Å². The number of primary amides is 1. The number of aliphatic hydroxyl groups excluding tert-OH is 1. The number of alkyl carbamates (subject to hydrolysis) is 1. The maximum absolute atomic E-state index is 14.0. The van der Waals surface area contributed by atoms with Crippen molar-refractivity contribution in [3.63, 3.8) is 0 Å². The number of likely N-dealkylation sites (tertiary alicyclic amines) is 1. The Labute approximate surface area is 250 Å². The molecule has 3 amide bonds. The number of carbonyl (C=O) groups excluding carboxylic acids is 5. The van der Waals surface area contributed by atoms with Gasteiger partial charge in [0.2, 0.25) is 5.91 Å². The highest BCUT2D eigenvalue weighted by Crippen LogP contribution is 2.29. The average molecular weight is 597 g/mol. The van der Waals surface area contributed by atoms with Gasteiger partial charge in [0.1, 0.15) is 30.4 Å². The van der Waals surface area contributed by atoms with E-state index in [-0.39, 0.29) is 13.2 Å². The maximum atomic E-state index is 14.0. The van der Waals surface area contributed by atoms with Gasteiger partial charge in [-0.3, -0.25) is 14.4 Å². The number of nitrogens with one attached hydrogen (secondary N) is 1. The number of esters is 1. The summed E-state index contributed by atoms with van der Waals surface area (Å²) >= 11 is 0. The molecule has 2 aromatic carbocycles. The van der Waals surface area contributed by atoms with Crippen molar-refractivity contribution in [3.05, 3.63) is 71.8 Å². The summed E-state index contributed by atoms with van der Waals surface area (Å²) in [6, 6.07) is 13.3. The topological polar surface area (TPSA) is 191 Å². The largest absolute Gasteiger partial charge is 0.458 e. The Morgan fingerprint density at radius 1 is 1.02 bits per heavy atom. The van der Waals surface area contributed by atoms with Crippen molar-refractivity contribution < 1.29 is 38.6 Å². The first-order valence-electron chi connectivity index (χ1n) is 14.1. The van der Waals surface area contributed by atoms with Crippen molar-refractivity contribution in [1.82, 2.24) is 10.2 Å². The smallest absolute Gasteiger partial charge is 0.408 e. The van der Waals surface area contributed by atoms with E-state index in [0.717, 1.165) is 0 Å². The van der Waals surface area contributed by atoms with Crippen LogP contribution in [0.4, 0.5) is 4.79 Å². The lowest BCUT2D eigenvalue weighted by Crippen LogP contribution is -2.55. The Hall–Kier alpha value is -4.29. The minimum absolute atomic E-state index is 0.112. The third-order valence-corrected chi connectivity index (χ3v) is 6.96. The number of carbonyl (C=O) groups is 5. The zero-order valence-corrected chi connectivity index (χ0v) is 24.6. The van der Waals surface area contributed by atoms with Crippen LogP contribution in [0.3, 0.4) is 0 Å². The molecular formula is C31H40N4O8. The van der Waals surface area contributed by atoms with E-state index >= 15 is 0 Å². The van der Waals surface area contributed by atoms with Crippen LogP contribution < -0.4 is 16.8 Å². The standard InChI is InChI=1S/C31H40N4O8/c1-31(2,3)43-29(40)22-15-10-16-35(22)28(39)27(38)24(25(33)20-13-8-5-9-14-20)26(37)21(17-23(32)36)34-30(41)42-18-19-11-6-4-7-12-19/h4-9,11-14,21-22,24-25,27,38H,10,15-18,33H2,1-3H3,(H2,32,36)(H,34,41)/t21-,22+,24+,25?,27?/m0/s1. The second-order valence-electron chi connectivity index (χ2n) is 11.5. The lowest BCUT2D eigenvalue weighted by Gasteiger charge is -2.34. The number of hydrogen-bond donors (Lipinski definition) is 4. The monoisotopic (exact) mass is 596 g/mol. The zero-order chi connectivity index (χ0) is 31.7. The van der Waals surface area contributed by atoms with Crippen LogP contribution in [0.15, 0.2) is 60.7 Å². The van der Waals surface area contributed by atoms with E-state index in [1.807, 2.05) is 0 Å². The van der Waals surface area contributed by atoms with Gasteiger partial charge in [-0.25, -0.2) is 9.59 Å². The number of ketones is 1. The van der Waals surface area contributed by atoms with Gasteiger partial charge in [0, 0.05) is 12.6 Å². The molecule has 232 valence electrons. The van der Waals surface area contributed by atoms with Gasteiger partial charge in [-0.15, -0.1) is 0 Å². The number of ether oxygens (including phenoxy) is 2. The first kappa shape index (κ1) is 33.2. The molecule has 0 aliphatic carbocycles. The molecule has 3 rings (SSSR count). The van der Waals surface area contributed by atoms with Crippen molar-refractivity contribution in [3.8, 4) is 0 Å². The molecule has 0 saturated carbocycles. The highest BCUT2D eigenvalue weighted by atomic mass is 16.6. The van der Waals surface area contributed by atoms with E-state index in [4.69, 9.17) is 20.9 Å². The van der Waals surface area contributed by atoms with Crippen LogP contribution in [0.5, 0.6) is 0 Å². The van der Waals surface area contributed by atoms with Gasteiger partial charge >= 0.3 is 12.1 Å². The molecule has 5 atom stereocenters. The van der Waals surface area contributed by atoms with Gasteiger partial charge in [-0.1, -0.05) is 60.7 Å². The Morgan fingerprint density at radius 3 is 2.21 bits per heavy atom. The summed E-state index contributed by atoms with van der Waals surface area (Å²) in [7, 11) is 0. The average Bonchev–Trinajstić information content (AvgIpc) is 3.45. The van der Waals surface area contributed by atoms with Crippen molar-refractivity contribution in [2.45, 2.75) is 76.5 Å². The third-order valence-electron chi connectivity index (χ3n) is 6.96. The van der Waals surface area contributed by atoms with Crippen molar-refractivity contribution in [2.75, 3.05) is 6.54 Å². The Balaban J connectivity index is 1.88. The van der Waals surface area contributed by atoms with Crippen LogP contribution in [0.1, 0.15) is 57.2 Å². The van der Waals surface area contributed by atoms with Gasteiger partial charge in [0.15, 0.2) is 5.78 Å². The molecule has 1 aliphatic heterocycles. The van der Waals surface area contributed by atoms with Crippen LogP contribution >= 0.6 is 0 Å². The maximum Gasteiger partial charge on any atom is 0.408 e. The SMILES string of the molecule is CC(C)(C)OC(=O)[C@H]1CCCN1C(=O)C(O)[C@@H](C(=O)[C@H](CC(N)=O)NC(=O)OCc1ccccc1)C(N)c1ccccc1. The van der Waals surface area contributed by atoms with Crippen molar-refractivity contribution in [2.24, 2.45) is 17.4 Å². The fourth-order valence-electron chi connectivity index (χ4n) is 4.94. The molecule has 1 aliphatic rings. The summed E-state index contributed by atoms with van der Waals surface area (Å²) < 4.78 is 10.7. The van der Waals surface area contributed by atoms with Crippen LogP contribution in [0.25, 0.3) is 0 Å². The summed E-state index contributed by atoms with van der Waals surface area (Å²) in [5, 5.41) is 13.8. The molecule has 1 heterocycles. The van der Waals surface area contributed by atoms with Gasteiger partial charge in [0.05, 0.1) is 12.3 Å². The zero-order valence-electron chi connectivity index (χ0n) is 24.6. The number of Topliss-reactive ketones (excluding diaryl/α,β-unsaturated/α-hetero) is 1. The first-order valence-corrected chi connectivity index (χ1v) is 14.1. The molecule has 43 heavy (non-hydrogen) atoms. The van der Waals surface area contributed by atoms with E-state index in [2.05, 4.69) is 5.32 Å². The van der Waals surface area contributed by atoms with E-state index in [1.54, 1.807) is 81.4 Å². The lowest BCUT2D eigenvalue weighted by atomic mass is 9.81. The molecule has 12 heteroatoms. The minimum atomic E-state index is -2.02. The number of nitrogens with two attached hydrogens (primary N) is 2. The number of amides is 3. The molecule has 12 nitrogen and oxygen atoms in total. The molecule has 0 aromatic heterocycles. The summed E-state index contributed by atoms with van der Waals surface area (Å²) in [5.74, 6) is -4.98. The van der Waals surface area contributed by atoms with Crippen LogP contribution in [0.2, 0.25) is 0 Å². The van der Waals surface area contributed by atoms with Crippen LogP contribution in [-0.2, 0) is 35.3 Å². The van der Waals surface area contributed by atoms with Gasteiger partial charge in [-0.2, -0.15) is 0 Å². The number of aliphatic hydroxyl groups is 1. The van der Waals surface area contributed by atoms with E-state index in [0.29, 0.717) is 24.0 Å². The predicted molar refractivity (Wildman–Crippen MR) is 156 cm³/mol. The molecule has 0 bridgehead atoms. The number of hydrogen-bond acceptors (Lipinski definition) is 9. The minimum Gasteiger partial charge on any atom is -0.458 e. The second kappa shape index (κ2) is 14.7. The normalized spacial score (nSPS) is 17.7. The second-order valence-corrected chi connectivity index (χ2v) is 11.5. The highest BCUT2D eigenvalue weighted by Gasteiger charge is 2.46. The summed E-state index contributed by atoms with van der Waals surface area (Å²) in [4.78, 5) is 66.3. The molecule has 1 fully saturated rings. The number of nitrogens with zero attached hydrogens (tertiary/aromatic N) is 1. The molecule has 0 spiro atoms. The molecule has 2 aromatic rings. The van der Waals surface area contributed by atoms with Crippen molar-refractivity contribution >= 4 is 29.7 Å². The van der Waals surface area contributed by atoms with E-state index in [1.165, 1.54) is 4.90 Å². The summed E-state index contributed by atoms with van der Waals surface area (Å²) in [5.41, 5.74) is 12.2. The molecule has 0 radical (unpaired) electrons. The number of rotatable bonds is 12. The lowest BCUT2D eigenvalue weighted by molar-refractivity contribution is -0.166. The van der Waals surface area contributed by atoms with Gasteiger partial charge < -0.3 is 36.3 Å². The number of benzene rings is 2. The van der Waals surface area contributed by atoms with Gasteiger partial charge in [-0.05, 0) is 44.7 Å². The molecule has 6 N–H and O–H groups in total. The van der Waals surface area contributed by atoms with E-state index < -0.39 is 71.8 Å². The molecular weight excluding hydrogens is 556 g/mol. The summed E-state index contributed by atoms with van der Waals surface area (Å²) in [6.07, 6.45) is -2.88. The Kier molecular flexibility index (Phi) is 11.4. The van der Waals surface area contributed by atoms with Gasteiger partial charge in [0.25, 0.3) is 5.91 Å². The fraction of sp³-hybridized carbons (Fsp3) is 0.452. The van der Waals surface area contributed by atoms with Crippen LogP contribution in [0, 0.1) is 5.92 Å². The summed E-state index contributed by atoms with van der Waals surface area (Å²) in [6.45, 7) is 5.14. The molecule has 1 saturated heterocycles. The van der Waals surface area contributed by atoms with E-state index in [9.17, 15) is 29.1 Å². The molecule has 2 unspecified atom stereocenters. The Bertz CT molecular complexity index is 1280. The highest BCUT2D eigenvalue weighted by molar-refractivity contribution is 5.98. The first-order chi connectivity index (χ1) is 20.3. The Morgan fingerprint density at radius 2 is 1.63 bits per heavy atom. The quantitative estimate of drug-likeness (QED) is 0.264. The third kappa shape index (κ3) is 9.35.